The van der Waals surface area contributed by atoms with Crippen molar-refractivity contribution in [3.63, 3.8) is 0 Å². The van der Waals surface area contributed by atoms with E-state index in [2.05, 4.69) is 13.2 Å². The van der Waals surface area contributed by atoms with Crippen molar-refractivity contribution in [3.8, 4) is 0 Å². The molecule has 2 aromatic rings. The van der Waals surface area contributed by atoms with E-state index in [4.69, 9.17) is 0 Å². The molecular formula is C34H41N3O4S. The molecule has 3 saturated heterocycles. The third-order valence-electron chi connectivity index (χ3n) is 9.24. The molecule has 1 N–H and O–H groups in total. The van der Waals surface area contributed by atoms with Gasteiger partial charge in [-0.2, -0.15) is 0 Å². The summed E-state index contributed by atoms with van der Waals surface area (Å²) < 4.78 is -0.756. The molecule has 3 fully saturated rings. The number of para-hydroxylation sites is 1. The average molecular weight is 588 g/mol. The van der Waals surface area contributed by atoms with Crippen LogP contribution in [0.5, 0.6) is 0 Å². The summed E-state index contributed by atoms with van der Waals surface area (Å²) in [7, 11) is 1.74. The Kier molecular flexibility index (Phi) is 8.67. The largest absolute Gasteiger partial charge is 0.394 e. The lowest BCUT2D eigenvalue weighted by molar-refractivity contribution is -0.144. The first-order valence-corrected chi connectivity index (χ1v) is 15.6. The maximum atomic E-state index is 15.0. The number of hydrogen-bond donors (Lipinski definition) is 1. The van der Waals surface area contributed by atoms with Gasteiger partial charge in [0, 0.05) is 31.1 Å². The molecule has 7 nitrogen and oxygen atoms in total. The van der Waals surface area contributed by atoms with Crippen molar-refractivity contribution in [1.82, 2.24) is 9.80 Å². The molecule has 6 atom stereocenters. The Morgan fingerprint density at radius 2 is 1.74 bits per heavy atom. The van der Waals surface area contributed by atoms with Gasteiger partial charge in [-0.3, -0.25) is 14.4 Å². The molecule has 5 rings (SSSR count). The number of fused-ring (bicyclic) bond motifs is 1. The molecule has 3 aliphatic heterocycles. The second-order valence-corrected chi connectivity index (χ2v) is 13.4. The normalized spacial score (nSPS) is 26.6. The zero-order chi connectivity index (χ0) is 30.2. The van der Waals surface area contributed by atoms with Gasteiger partial charge in [-0.05, 0) is 49.8 Å². The van der Waals surface area contributed by atoms with Crippen LogP contribution in [0.1, 0.15) is 29.5 Å². The Morgan fingerprint density at radius 3 is 2.36 bits per heavy atom. The van der Waals surface area contributed by atoms with Crippen LogP contribution in [0.15, 0.2) is 73.8 Å². The van der Waals surface area contributed by atoms with Crippen LogP contribution in [0.2, 0.25) is 0 Å². The first-order valence-electron chi connectivity index (χ1n) is 14.7. The number of likely N-dealkylation sites (tertiary alicyclic amines) is 1. The Hall–Kier alpha value is -3.36. The third kappa shape index (κ3) is 4.88. The summed E-state index contributed by atoms with van der Waals surface area (Å²) in [6, 6.07) is 14.2. The summed E-state index contributed by atoms with van der Waals surface area (Å²) in [4.78, 5) is 48.5. The van der Waals surface area contributed by atoms with Crippen LogP contribution in [0.4, 0.5) is 5.69 Å². The van der Waals surface area contributed by atoms with Crippen LogP contribution in [-0.2, 0) is 20.8 Å². The number of aliphatic hydroxyl groups is 1. The molecule has 0 aromatic heterocycles. The summed E-state index contributed by atoms with van der Waals surface area (Å²) in [5, 5.41) is 10.7. The number of likely N-dealkylation sites (N-methyl/N-ethyl adjacent to an activating group) is 1. The molecule has 8 heteroatoms. The van der Waals surface area contributed by atoms with Crippen molar-refractivity contribution >= 4 is 35.2 Å². The molecule has 42 heavy (non-hydrogen) atoms. The molecule has 2 aromatic carbocycles. The number of anilines is 1. The van der Waals surface area contributed by atoms with E-state index in [0.29, 0.717) is 19.4 Å². The fraction of sp³-hybridized carbons (Fsp3) is 0.441. The van der Waals surface area contributed by atoms with E-state index >= 15 is 0 Å². The quantitative estimate of drug-likeness (QED) is 0.400. The van der Waals surface area contributed by atoms with Gasteiger partial charge in [0.15, 0.2) is 0 Å². The van der Waals surface area contributed by atoms with Crippen LogP contribution < -0.4 is 4.90 Å². The van der Waals surface area contributed by atoms with E-state index in [0.717, 1.165) is 28.8 Å². The smallest absolute Gasteiger partial charge is 0.251 e. The molecule has 0 aliphatic carbocycles. The van der Waals surface area contributed by atoms with Gasteiger partial charge in [0.1, 0.15) is 6.04 Å². The standard InChI is InChI=1S/C34H41N3O4S/c1-6-18-35(5)31(39)27-26-16-17-34(42-26)28(27)32(40)37(25(21-38)20-24-14-9-8-10-15-24)30(34)33(41)36(19-7-2)29-22(3)12-11-13-23(29)4/h6-15,25-28,30,38H,1-2,16-21H2,3-5H3/t25-,26+,27-,28+,30?,34?/m1/s1. The van der Waals surface area contributed by atoms with Crippen molar-refractivity contribution in [2.24, 2.45) is 11.8 Å². The number of rotatable bonds is 11. The first-order chi connectivity index (χ1) is 20.2. The highest BCUT2D eigenvalue weighted by Crippen LogP contribution is 2.67. The third-order valence-corrected chi connectivity index (χ3v) is 11.2. The van der Waals surface area contributed by atoms with E-state index in [1.54, 1.807) is 45.7 Å². The average Bonchev–Trinajstić information content (AvgIpc) is 3.62. The Bertz CT molecular complexity index is 1360. The molecule has 3 heterocycles. The first kappa shape index (κ1) is 30.1. The summed E-state index contributed by atoms with van der Waals surface area (Å²) in [5.74, 6) is -1.63. The van der Waals surface area contributed by atoms with E-state index in [1.165, 1.54) is 0 Å². The number of carbonyl (C=O) groups is 3. The predicted molar refractivity (Wildman–Crippen MR) is 168 cm³/mol. The summed E-state index contributed by atoms with van der Waals surface area (Å²) in [5.41, 5.74) is 3.70. The Balaban J connectivity index is 1.63. The number of thioether (sulfide) groups is 1. The van der Waals surface area contributed by atoms with Crippen LogP contribution in [0.3, 0.4) is 0 Å². The Labute approximate surface area is 253 Å². The van der Waals surface area contributed by atoms with Gasteiger partial charge >= 0.3 is 0 Å². The van der Waals surface area contributed by atoms with E-state index in [1.807, 2.05) is 62.4 Å². The van der Waals surface area contributed by atoms with Gasteiger partial charge in [0.25, 0.3) is 5.91 Å². The van der Waals surface area contributed by atoms with Crippen LogP contribution in [0.25, 0.3) is 0 Å². The summed E-state index contributed by atoms with van der Waals surface area (Å²) >= 11 is 1.65. The van der Waals surface area contributed by atoms with Gasteiger partial charge in [-0.15, -0.1) is 24.9 Å². The number of benzene rings is 2. The zero-order valence-electron chi connectivity index (χ0n) is 24.7. The van der Waals surface area contributed by atoms with Crippen molar-refractivity contribution < 1.29 is 19.5 Å². The monoisotopic (exact) mass is 587 g/mol. The molecule has 3 amide bonds. The molecule has 2 unspecified atom stereocenters. The molecule has 0 saturated carbocycles. The fourth-order valence-corrected chi connectivity index (χ4v) is 9.71. The van der Waals surface area contributed by atoms with Crippen LogP contribution in [-0.4, -0.2) is 81.5 Å². The molecular weight excluding hydrogens is 546 g/mol. The van der Waals surface area contributed by atoms with E-state index in [9.17, 15) is 19.5 Å². The lowest BCUT2D eigenvalue weighted by Gasteiger charge is -2.40. The highest BCUT2D eigenvalue weighted by Gasteiger charge is 2.74. The topological polar surface area (TPSA) is 81.2 Å². The number of aliphatic hydroxyl groups excluding tert-OH is 1. The summed E-state index contributed by atoms with van der Waals surface area (Å²) in [6.45, 7) is 12.1. The van der Waals surface area contributed by atoms with Crippen LogP contribution in [0, 0.1) is 25.7 Å². The Morgan fingerprint density at radius 1 is 1.07 bits per heavy atom. The van der Waals surface area contributed by atoms with Crippen molar-refractivity contribution in [1.29, 1.82) is 0 Å². The maximum Gasteiger partial charge on any atom is 0.251 e. The number of nitrogens with zero attached hydrogens (tertiary/aromatic N) is 3. The van der Waals surface area contributed by atoms with E-state index in [-0.39, 0.29) is 36.1 Å². The fourth-order valence-electron chi connectivity index (χ4n) is 7.52. The SMILES string of the molecule is C=CCN(C)C(=O)[C@@H]1[C@@H]2CCC3(S2)C(C(=O)N(CC=C)c2c(C)cccc2C)N([C@@H](CO)Cc2ccccc2)C(=O)[C@H]13. The van der Waals surface area contributed by atoms with E-state index < -0.39 is 28.7 Å². The van der Waals surface area contributed by atoms with Gasteiger partial charge in [0.05, 0.1) is 29.2 Å². The number of hydrogen-bond acceptors (Lipinski definition) is 5. The number of amides is 3. The van der Waals surface area contributed by atoms with Gasteiger partial charge in [-0.1, -0.05) is 60.7 Å². The zero-order valence-corrected chi connectivity index (χ0v) is 25.6. The summed E-state index contributed by atoms with van der Waals surface area (Å²) in [6.07, 6.45) is 5.23. The second-order valence-electron chi connectivity index (χ2n) is 11.8. The van der Waals surface area contributed by atoms with Crippen molar-refractivity contribution in [3.05, 3.63) is 90.5 Å². The second kappa shape index (κ2) is 12.1. The lowest BCUT2D eigenvalue weighted by atomic mass is 9.70. The maximum absolute atomic E-state index is 15.0. The highest BCUT2D eigenvalue weighted by molar-refractivity contribution is 8.02. The van der Waals surface area contributed by atoms with Crippen molar-refractivity contribution in [2.75, 3.05) is 31.6 Å². The minimum Gasteiger partial charge on any atom is -0.394 e. The van der Waals surface area contributed by atoms with Crippen LogP contribution >= 0.6 is 11.8 Å². The molecule has 222 valence electrons. The molecule has 3 aliphatic rings. The predicted octanol–water partition coefficient (Wildman–Crippen LogP) is 4.16. The minimum atomic E-state index is -0.827. The lowest BCUT2D eigenvalue weighted by Crippen LogP contribution is -2.58. The molecule has 2 bridgehead atoms. The number of carbonyl (C=O) groups excluding carboxylic acids is 3. The molecule has 0 radical (unpaired) electrons. The van der Waals surface area contributed by atoms with Gasteiger partial charge in [0.2, 0.25) is 11.8 Å². The highest BCUT2D eigenvalue weighted by atomic mass is 32.2. The molecule has 1 spiro atoms. The number of aryl methyl sites for hydroxylation is 2. The van der Waals surface area contributed by atoms with Gasteiger partial charge in [-0.25, -0.2) is 0 Å². The minimum absolute atomic E-state index is 0.0362. The van der Waals surface area contributed by atoms with Gasteiger partial charge < -0.3 is 19.8 Å². The van der Waals surface area contributed by atoms with Crippen molar-refractivity contribution in [2.45, 2.75) is 55.2 Å².